The zero-order chi connectivity index (χ0) is 23.4. The van der Waals surface area contributed by atoms with Crippen molar-refractivity contribution in [2.45, 2.75) is 12.5 Å². The van der Waals surface area contributed by atoms with E-state index in [1.165, 1.54) is 30.4 Å². The zero-order valence-electron chi connectivity index (χ0n) is 17.1. The molecule has 3 N–H and O–H groups in total. The Morgan fingerprint density at radius 2 is 1.78 bits per heavy atom. The van der Waals surface area contributed by atoms with Gasteiger partial charge in [0.05, 0.1) is 34.5 Å². The van der Waals surface area contributed by atoms with Crippen LogP contribution in [0.1, 0.15) is 15.9 Å². The van der Waals surface area contributed by atoms with E-state index in [0.29, 0.717) is 22.4 Å². The number of hydrogen-bond acceptors (Lipinski definition) is 6. The number of nitrogens with one attached hydrogen (secondary N) is 1. The highest BCUT2D eigenvalue weighted by Gasteiger charge is 2.23. The Balaban J connectivity index is 1.83. The van der Waals surface area contributed by atoms with Crippen LogP contribution < -0.4 is 21.3 Å². The van der Waals surface area contributed by atoms with Gasteiger partial charge in [-0.3, -0.25) is 19.4 Å². The van der Waals surface area contributed by atoms with Crippen molar-refractivity contribution in [2.24, 2.45) is 12.8 Å². The molecule has 1 aromatic carbocycles. The summed E-state index contributed by atoms with van der Waals surface area (Å²) in [5, 5.41) is 6.60. The van der Waals surface area contributed by atoms with Crippen LogP contribution in [0.25, 0.3) is 11.1 Å². The highest BCUT2D eigenvalue weighted by molar-refractivity contribution is 6.39. The number of primary amides is 1. The van der Waals surface area contributed by atoms with Crippen molar-refractivity contribution in [3.05, 3.63) is 74.4 Å². The molecule has 0 unspecified atom stereocenters. The smallest absolute Gasteiger partial charge is 0.278 e. The molecule has 1 atom stereocenters. The van der Waals surface area contributed by atoms with E-state index < -0.39 is 17.9 Å². The van der Waals surface area contributed by atoms with Gasteiger partial charge in [0.25, 0.3) is 11.5 Å². The summed E-state index contributed by atoms with van der Waals surface area (Å²) in [6.07, 6.45) is 4.13. The SMILES string of the molecule is COc1cnn(C)c(=O)c1-c1ccc(C[C@H](NC(=O)c2c(Cl)cncc2Cl)C(N)=O)cc1. The molecule has 3 rings (SSSR count). The predicted molar refractivity (Wildman–Crippen MR) is 120 cm³/mol. The molecule has 0 saturated heterocycles. The molecular formula is C21H19Cl2N5O4. The molecule has 0 radical (unpaired) electrons. The van der Waals surface area contributed by atoms with Crippen LogP contribution in [0.2, 0.25) is 10.0 Å². The van der Waals surface area contributed by atoms with Crippen molar-refractivity contribution >= 4 is 35.0 Å². The Kier molecular flexibility index (Phi) is 7.12. The number of halogens is 2. The van der Waals surface area contributed by atoms with E-state index in [-0.39, 0.29) is 27.6 Å². The van der Waals surface area contributed by atoms with Gasteiger partial charge in [0.1, 0.15) is 6.04 Å². The minimum Gasteiger partial charge on any atom is -0.494 e. The summed E-state index contributed by atoms with van der Waals surface area (Å²) in [5.74, 6) is -1.03. The summed E-state index contributed by atoms with van der Waals surface area (Å²) in [6, 6.07) is 5.86. The molecule has 11 heteroatoms. The van der Waals surface area contributed by atoms with E-state index in [4.69, 9.17) is 33.7 Å². The van der Waals surface area contributed by atoms with Gasteiger partial charge < -0.3 is 15.8 Å². The minimum absolute atomic E-state index is 0.00515. The first-order valence-corrected chi connectivity index (χ1v) is 10.1. The summed E-state index contributed by atoms with van der Waals surface area (Å²) >= 11 is 12.0. The Labute approximate surface area is 193 Å². The number of ether oxygens (including phenoxy) is 1. The fourth-order valence-electron chi connectivity index (χ4n) is 3.07. The summed E-state index contributed by atoms with van der Waals surface area (Å²) in [5.41, 5.74) is 6.85. The molecule has 0 bridgehead atoms. The summed E-state index contributed by atoms with van der Waals surface area (Å²) in [7, 11) is 3.00. The maximum Gasteiger partial charge on any atom is 0.278 e. The molecule has 0 fully saturated rings. The molecule has 2 amide bonds. The second kappa shape index (κ2) is 9.80. The van der Waals surface area contributed by atoms with Gasteiger partial charge in [-0.1, -0.05) is 47.5 Å². The molecule has 9 nitrogen and oxygen atoms in total. The third-order valence-corrected chi connectivity index (χ3v) is 5.31. The number of aryl methyl sites for hydroxylation is 1. The lowest BCUT2D eigenvalue weighted by Gasteiger charge is -2.17. The number of hydrogen-bond donors (Lipinski definition) is 2. The summed E-state index contributed by atoms with van der Waals surface area (Å²) in [4.78, 5) is 40.8. The first kappa shape index (κ1) is 23.2. The van der Waals surface area contributed by atoms with Gasteiger partial charge in [0.2, 0.25) is 5.91 Å². The first-order valence-electron chi connectivity index (χ1n) is 9.31. The lowest BCUT2D eigenvalue weighted by Crippen LogP contribution is -2.46. The molecular weight excluding hydrogens is 457 g/mol. The number of benzene rings is 1. The lowest BCUT2D eigenvalue weighted by molar-refractivity contribution is -0.119. The van der Waals surface area contributed by atoms with Crippen LogP contribution in [0.3, 0.4) is 0 Å². The number of carbonyl (C=O) groups is 2. The van der Waals surface area contributed by atoms with Gasteiger partial charge in [0.15, 0.2) is 5.75 Å². The molecule has 0 aliphatic heterocycles. The van der Waals surface area contributed by atoms with Crippen molar-refractivity contribution in [3.8, 4) is 16.9 Å². The van der Waals surface area contributed by atoms with E-state index >= 15 is 0 Å². The van der Waals surface area contributed by atoms with E-state index in [1.54, 1.807) is 31.3 Å². The summed E-state index contributed by atoms with van der Waals surface area (Å²) in [6.45, 7) is 0. The fourth-order valence-corrected chi connectivity index (χ4v) is 3.60. The van der Waals surface area contributed by atoms with Gasteiger partial charge in [-0.2, -0.15) is 5.10 Å². The number of amides is 2. The van der Waals surface area contributed by atoms with E-state index in [0.717, 1.165) is 0 Å². The Morgan fingerprint density at radius 3 is 2.34 bits per heavy atom. The third-order valence-electron chi connectivity index (χ3n) is 4.73. The number of nitrogens with two attached hydrogens (primary N) is 1. The van der Waals surface area contributed by atoms with Crippen LogP contribution in [-0.4, -0.2) is 39.7 Å². The molecule has 3 aromatic rings. The van der Waals surface area contributed by atoms with Crippen LogP contribution in [-0.2, 0) is 18.3 Å². The molecule has 0 aliphatic carbocycles. The highest BCUT2D eigenvalue weighted by Crippen LogP contribution is 2.26. The van der Waals surface area contributed by atoms with Gasteiger partial charge >= 0.3 is 0 Å². The molecule has 166 valence electrons. The predicted octanol–water partition coefficient (Wildman–Crippen LogP) is 1.98. The van der Waals surface area contributed by atoms with Gasteiger partial charge in [-0.25, -0.2) is 4.68 Å². The molecule has 0 aliphatic rings. The molecule has 0 saturated carbocycles. The number of methoxy groups -OCH3 is 1. The van der Waals surface area contributed by atoms with Crippen molar-refractivity contribution in [1.82, 2.24) is 20.1 Å². The summed E-state index contributed by atoms with van der Waals surface area (Å²) < 4.78 is 6.46. The topological polar surface area (TPSA) is 129 Å². The van der Waals surface area contributed by atoms with Crippen LogP contribution >= 0.6 is 23.2 Å². The molecule has 2 aromatic heterocycles. The largest absolute Gasteiger partial charge is 0.494 e. The number of nitrogens with zero attached hydrogens (tertiary/aromatic N) is 3. The van der Waals surface area contributed by atoms with Gasteiger partial charge in [-0.15, -0.1) is 0 Å². The molecule has 0 spiro atoms. The monoisotopic (exact) mass is 475 g/mol. The van der Waals surface area contributed by atoms with Crippen LogP contribution in [0, 0.1) is 0 Å². The molecule has 32 heavy (non-hydrogen) atoms. The van der Waals surface area contributed by atoms with Gasteiger partial charge in [-0.05, 0) is 11.1 Å². The second-order valence-corrected chi connectivity index (χ2v) is 7.64. The van der Waals surface area contributed by atoms with Crippen LogP contribution in [0.5, 0.6) is 5.75 Å². The average molecular weight is 476 g/mol. The van der Waals surface area contributed by atoms with E-state index in [1.807, 2.05) is 0 Å². The first-order chi connectivity index (χ1) is 15.2. The van der Waals surface area contributed by atoms with E-state index in [9.17, 15) is 14.4 Å². The maximum atomic E-state index is 12.6. The average Bonchev–Trinajstić information content (AvgIpc) is 2.75. The number of aromatic nitrogens is 3. The quantitative estimate of drug-likeness (QED) is 0.537. The Morgan fingerprint density at radius 1 is 1.16 bits per heavy atom. The van der Waals surface area contributed by atoms with Crippen molar-refractivity contribution in [1.29, 1.82) is 0 Å². The standard InChI is InChI=1S/C21H19Cl2N5O4/c1-28-21(31)17(16(32-2)10-26-28)12-5-3-11(4-6-12)7-15(19(24)29)27-20(30)18-13(22)8-25-9-14(18)23/h3-6,8-10,15H,7H2,1-2H3,(H2,24,29)(H,27,30)/t15-/m0/s1. The van der Waals surface area contributed by atoms with Gasteiger partial charge in [0, 0.05) is 25.9 Å². The number of carbonyl (C=O) groups excluding carboxylic acids is 2. The zero-order valence-corrected chi connectivity index (χ0v) is 18.6. The maximum absolute atomic E-state index is 12.6. The molecule has 2 heterocycles. The lowest BCUT2D eigenvalue weighted by atomic mass is 10.0. The minimum atomic E-state index is -1.02. The second-order valence-electron chi connectivity index (χ2n) is 6.82. The number of rotatable bonds is 7. The van der Waals surface area contributed by atoms with Crippen LogP contribution in [0.15, 0.2) is 47.7 Å². The fraction of sp³-hybridized carbons (Fsp3) is 0.190. The normalized spacial score (nSPS) is 11.6. The van der Waals surface area contributed by atoms with Crippen molar-refractivity contribution in [2.75, 3.05) is 7.11 Å². The Bertz CT molecular complexity index is 1210. The van der Waals surface area contributed by atoms with Crippen LogP contribution in [0.4, 0.5) is 0 Å². The Hall–Kier alpha value is -3.43. The highest BCUT2D eigenvalue weighted by atomic mass is 35.5. The third kappa shape index (κ3) is 4.90. The van der Waals surface area contributed by atoms with Crippen molar-refractivity contribution in [3.63, 3.8) is 0 Å². The van der Waals surface area contributed by atoms with E-state index in [2.05, 4.69) is 15.4 Å². The number of pyridine rings is 1. The van der Waals surface area contributed by atoms with Crippen molar-refractivity contribution < 1.29 is 14.3 Å².